The summed E-state index contributed by atoms with van der Waals surface area (Å²) in [7, 11) is 0. The van der Waals surface area contributed by atoms with Gasteiger partial charge in [-0.2, -0.15) is 0 Å². The molecule has 3 rings (SSSR count). The Morgan fingerprint density at radius 2 is 2.07 bits per heavy atom. The van der Waals surface area contributed by atoms with Gasteiger partial charge >= 0.3 is 5.97 Å². The average Bonchev–Trinajstić information content (AvgIpc) is 2.68. The summed E-state index contributed by atoms with van der Waals surface area (Å²) in [6.45, 7) is 1.47. The number of non-ortho nitro benzene ring substituents is 1. The summed E-state index contributed by atoms with van der Waals surface area (Å²) in [6, 6.07) is 9.74. The van der Waals surface area contributed by atoms with Gasteiger partial charge in [0.1, 0.15) is 11.9 Å². The molecule has 1 aliphatic heterocycles. The second-order valence-corrected chi connectivity index (χ2v) is 6.58. The van der Waals surface area contributed by atoms with E-state index in [9.17, 15) is 14.9 Å². The van der Waals surface area contributed by atoms with Crippen LogP contribution in [0.25, 0.3) is 6.08 Å². The van der Waals surface area contributed by atoms with Crippen LogP contribution in [-0.4, -0.2) is 35.1 Å². The van der Waals surface area contributed by atoms with Crippen LogP contribution in [0.5, 0.6) is 0 Å². The number of nitro benzene ring substituents is 1. The average molecular weight is 388 g/mol. The maximum atomic E-state index is 12.0. The Morgan fingerprint density at radius 1 is 1.30 bits per heavy atom. The molecule has 1 saturated heterocycles. The van der Waals surface area contributed by atoms with Crippen LogP contribution < -0.4 is 4.90 Å². The summed E-state index contributed by atoms with van der Waals surface area (Å²) in [5, 5.41) is 11.4. The van der Waals surface area contributed by atoms with E-state index in [0.717, 1.165) is 18.9 Å². The highest BCUT2D eigenvalue weighted by atomic mass is 35.5. The lowest BCUT2D eigenvalue weighted by Gasteiger charge is -2.32. The third kappa shape index (κ3) is 5.27. The van der Waals surface area contributed by atoms with Gasteiger partial charge in [0.25, 0.3) is 5.69 Å². The Bertz CT molecular complexity index is 846. The fraction of sp³-hybridized carbons (Fsp3) is 0.263. The molecule has 0 amide bonds. The lowest BCUT2D eigenvalue weighted by atomic mass is 10.1. The van der Waals surface area contributed by atoms with Crippen molar-refractivity contribution in [1.82, 2.24) is 4.98 Å². The number of aromatic nitrogens is 1. The molecule has 1 aromatic carbocycles. The van der Waals surface area contributed by atoms with E-state index in [1.807, 2.05) is 6.07 Å². The first-order valence-electron chi connectivity index (χ1n) is 8.51. The molecule has 7 nitrogen and oxygen atoms in total. The molecule has 0 atom stereocenters. The van der Waals surface area contributed by atoms with Crippen molar-refractivity contribution in [2.45, 2.75) is 18.9 Å². The van der Waals surface area contributed by atoms with Crippen LogP contribution in [0.3, 0.4) is 0 Å². The lowest BCUT2D eigenvalue weighted by Crippen LogP contribution is -2.38. The molecular weight excluding hydrogens is 370 g/mol. The molecule has 2 heterocycles. The first-order chi connectivity index (χ1) is 13.0. The molecule has 8 heteroatoms. The highest BCUT2D eigenvalue weighted by Crippen LogP contribution is 2.21. The zero-order valence-corrected chi connectivity index (χ0v) is 15.2. The summed E-state index contributed by atoms with van der Waals surface area (Å²) < 4.78 is 5.47. The number of nitrogens with zero attached hydrogens (tertiary/aromatic N) is 3. The molecule has 1 aliphatic rings. The van der Waals surface area contributed by atoms with E-state index in [1.165, 1.54) is 24.3 Å². The highest BCUT2D eigenvalue weighted by Gasteiger charge is 2.22. The number of halogens is 1. The number of piperidine rings is 1. The SMILES string of the molecule is O=C(C=Cc1cccc([N+](=O)[O-])c1)OC1CCN(c2ccc(Cl)cn2)CC1. The number of pyridine rings is 1. The second kappa shape index (κ2) is 8.64. The number of nitro groups is 1. The maximum Gasteiger partial charge on any atom is 0.331 e. The standard InChI is InChI=1S/C19H18ClN3O4/c20-15-5-6-18(21-13-15)22-10-8-17(9-11-22)27-19(24)7-4-14-2-1-3-16(12-14)23(25)26/h1-7,12-13,17H,8-11H2. The molecule has 0 radical (unpaired) electrons. The van der Waals surface area contributed by atoms with Crippen LogP contribution in [0.2, 0.25) is 5.02 Å². The van der Waals surface area contributed by atoms with Crippen molar-refractivity contribution >= 4 is 35.2 Å². The second-order valence-electron chi connectivity index (χ2n) is 6.14. The van der Waals surface area contributed by atoms with Gasteiger partial charge in [-0.05, 0) is 23.8 Å². The molecule has 0 unspecified atom stereocenters. The Balaban J connectivity index is 1.50. The summed E-state index contributed by atoms with van der Waals surface area (Å²) in [5.41, 5.74) is 0.554. The zero-order chi connectivity index (χ0) is 19.2. The molecule has 27 heavy (non-hydrogen) atoms. The van der Waals surface area contributed by atoms with Crippen LogP contribution in [0.4, 0.5) is 11.5 Å². The molecule has 2 aromatic rings. The molecule has 0 spiro atoms. The van der Waals surface area contributed by atoms with E-state index >= 15 is 0 Å². The van der Waals surface area contributed by atoms with Crippen LogP contribution in [0.15, 0.2) is 48.7 Å². The number of benzene rings is 1. The monoisotopic (exact) mass is 387 g/mol. The molecule has 0 N–H and O–H groups in total. The van der Waals surface area contributed by atoms with Crippen molar-refractivity contribution in [1.29, 1.82) is 0 Å². The smallest absolute Gasteiger partial charge is 0.331 e. The van der Waals surface area contributed by atoms with Crippen LogP contribution in [-0.2, 0) is 9.53 Å². The van der Waals surface area contributed by atoms with Gasteiger partial charge in [0.15, 0.2) is 0 Å². The van der Waals surface area contributed by atoms with Crippen molar-refractivity contribution in [2.24, 2.45) is 0 Å². The van der Waals surface area contributed by atoms with Gasteiger partial charge in [-0.1, -0.05) is 23.7 Å². The molecule has 1 aromatic heterocycles. The first kappa shape index (κ1) is 18.8. The summed E-state index contributed by atoms with van der Waals surface area (Å²) in [6.07, 6.45) is 5.69. The molecule has 0 saturated carbocycles. The minimum Gasteiger partial charge on any atom is -0.459 e. The number of rotatable bonds is 5. The fourth-order valence-corrected chi connectivity index (χ4v) is 2.98. The fourth-order valence-electron chi connectivity index (χ4n) is 2.87. The van der Waals surface area contributed by atoms with Gasteiger partial charge in [0.2, 0.25) is 0 Å². The number of ether oxygens (including phenoxy) is 1. The summed E-state index contributed by atoms with van der Waals surface area (Å²) >= 11 is 5.85. The number of carbonyl (C=O) groups is 1. The molecule has 0 aliphatic carbocycles. The zero-order valence-electron chi connectivity index (χ0n) is 14.5. The van der Waals surface area contributed by atoms with E-state index < -0.39 is 10.9 Å². The molecule has 140 valence electrons. The van der Waals surface area contributed by atoms with Crippen molar-refractivity contribution in [3.8, 4) is 0 Å². The number of anilines is 1. The lowest BCUT2D eigenvalue weighted by molar-refractivity contribution is -0.384. The van der Waals surface area contributed by atoms with Gasteiger partial charge in [-0.25, -0.2) is 9.78 Å². The van der Waals surface area contributed by atoms with Gasteiger partial charge in [-0.15, -0.1) is 0 Å². The number of hydrogen-bond donors (Lipinski definition) is 0. The molecule has 1 fully saturated rings. The topological polar surface area (TPSA) is 85.6 Å². The number of carbonyl (C=O) groups excluding carboxylic acids is 1. The molecular formula is C19H18ClN3O4. The van der Waals surface area contributed by atoms with Gasteiger partial charge in [0.05, 0.1) is 9.95 Å². The van der Waals surface area contributed by atoms with Crippen molar-refractivity contribution in [2.75, 3.05) is 18.0 Å². The predicted molar refractivity (Wildman–Crippen MR) is 103 cm³/mol. The Labute approximate surface area is 161 Å². The minimum atomic E-state index is -0.473. The number of esters is 1. The third-order valence-corrected chi connectivity index (χ3v) is 4.48. The maximum absolute atomic E-state index is 12.0. The van der Waals surface area contributed by atoms with Gasteiger partial charge < -0.3 is 9.64 Å². The minimum absolute atomic E-state index is 0.0197. The predicted octanol–water partition coefficient (Wildman–Crippen LogP) is 3.87. The molecule has 0 bridgehead atoms. The van der Waals surface area contributed by atoms with E-state index in [0.29, 0.717) is 23.4 Å². The van der Waals surface area contributed by atoms with Crippen LogP contribution in [0.1, 0.15) is 18.4 Å². The first-order valence-corrected chi connectivity index (χ1v) is 8.89. The quantitative estimate of drug-likeness (QED) is 0.335. The van der Waals surface area contributed by atoms with E-state index in [2.05, 4.69) is 9.88 Å². The largest absolute Gasteiger partial charge is 0.459 e. The number of hydrogen-bond acceptors (Lipinski definition) is 6. The summed E-state index contributed by atoms with van der Waals surface area (Å²) in [5.74, 6) is 0.402. The third-order valence-electron chi connectivity index (χ3n) is 4.25. The van der Waals surface area contributed by atoms with E-state index in [1.54, 1.807) is 24.4 Å². The van der Waals surface area contributed by atoms with Crippen molar-refractivity contribution in [3.05, 3.63) is 69.4 Å². The van der Waals surface area contributed by atoms with Crippen LogP contribution in [0, 0.1) is 10.1 Å². The van der Waals surface area contributed by atoms with Crippen molar-refractivity contribution < 1.29 is 14.5 Å². The Morgan fingerprint density at radius 3 is 2.74 bits per heavy atom. The van der Waals surface area contributed by atoms with E-state index in [4.69, 9.17) is 16.3 Å². The Hall–Kier alpha value is -2.93. The van der Waals surface area contributed by atoms with Crippen LogP contribution >= 0.6 is 11.6 Å². The highest BCUT2D eigenvalue weighted by molar-refractivity contribution is 6.30. The van der Waals surface area contributed by atoms with Crippen molar-refractivity contribution in [3.63, 3.8) is 0 Å². The normalized spacial score (nSPS) is 15.1. The summed E-state index contributed by atoms with van der Waals surface area (Å²) in [4.78, 5) is 28.7. The van der Waals surface area contributed by atoms with Gasteiger partial charge in [-0.3, -0.25) is 10.1 Å². The van der Waals surface area contributed by atoms with E-state index in [-0.39, 0.29) is 11.8 Å². The Kier molecular flexibility index (Phi) is 6.03. The van der Waals surface area contributed by atoms with Gasteiger partial charge in [0, 0.05) is 50.3 Å².